The van der Waals surface area contributed by atoms with Crippen molar-refractivity contribution < 1.29 is 58.9 Å². The van der Waals surface area contributed by atoms with E-state index in [1.165, 1.54) is 22.3 Å². The molecule has 142 valence electrons. The number of allylic oxidation sites excluding steroid dienone is 4. The van der Waals surface area contributed by atoms with E-state index in [0.29, 0.717) is 0 Å². The standard InChI is InChI=1S/C23H25.3ClH.Ti/c1-22(2,3)20-16-11-17-21(20)23(4,18-12-7-5-8-13-18)19-14-9-6-10-15-19;;;;/h5-15H,17H2,1-4H3;3*1H;/q-1;;;;+4/p-3. The van der Waals surface area contributed by atoms with Gasteiger partial charge >= 0.3 is 21.7 Å². The number of rotatable bonds is 3. The molecule has 0 unspecified atom stereocenters. The molecule has 0 aliphatic heterocycles. The molecule has 0 fully saturated rings. The zero-order chi connectivity index (χ0) is 16.5. The second kappa shape index (κ2) is 11.5. The number of hydrogen-bond acceptors (Lipinski definition) is 0. The van der Waals surface area contributed by atoms with E-state index in [0.717, 1.165) is 6.42 Å². The molecule has 0 saturated heterocycles. The average Bonchev–Trinajstić information content (AvgIpc) is 3.06. The molecule has 0 nitrogen and oxygen atoms in total. The number of hydrogen-bond donors (Lipinski definition) is 0. The second-order valence-electron chi connectivity index (χ2n) is 7.51. The van der Waals surface area contributed by atoms with Gasteiger partial charge in [-0.05, 0) is 10.8 Å². The summed E-state index contributed by atoms with van der Waals surface area (Å²) in [4.78, 5) is 0. The molecule has 0 aromatic heterocycles. The first-order chi connectivity index (χ1) is 10.9. The molecule has 0 saturated carbocycles. The zero-order valence-electron chi connectivity index (χ0n) is 16.2. The summed E-state index contributed by atoms with van der Waals surface area (Å²) in [5, 5.41) is 0. The summed E-state index contributed by atoms with van der Waals surface area (Å²) in [7, 11) is 0. The van der Waals surface area contributed by atoms with E-state index in [4.69, 9.17) is 0 Å². The Morgan fingerprint density at radius 1 is 0.704 bits per heavy atom. The van der Waals surface area contributed by atoms with Gasteiger partial charge in [0.25, 0.3) is 0 Å². The van der Waals surface area contributed by atoms with Crippen molar-refractivity contribution in [3.63, 3.8) is 0 Å². The van der Waals surface area contributed by atoms with Crippen LogP contribution in [0.15, 0.2) is 77.9 Å². The smallest absolute Gasteiger partial charge is 1.00 e. The van der Waals surface area contributed by atoms with E-state index in [-0.39, 0.29) is 69.8 Å². The van der Waals surface area contributed by atoms with Gasteiger partial charge in [-0.15, -0.1) is 0 Å². The van der Waals surface area contributed by atoms with Crippen molar-refractivity contribution in [2.24, 2.45) is 5.41 Å². The molecule has 0 heterocycles. The Bertz CT molecular complexity index is 705. The minimum atomic E-state index is -0.120. The maximum atomic E-state index is 3.55. The van der Waals surface area contributed by atoms with Crippen LogP contribution in [0.3, 0.4) is 0 Å². The first kappa shape index (κ1) is 28.7. The minimum absolute atomic E-state index is 0. The molecule has 0 bridgehead atoms. The van der Waals surface area contributed by atoms with Crippen LogP contribution in [-0.2, 0) is 27.1 Å². The summed E-state index contributed by atoms with van der Waals surface area (Å²) >= 11 is 0. The molecule has 1 aliphatic rings. The Kier molecular flexibility index (Phi) is 12.2. The van der Waals surface area contributed by atoms with Crippen LogP contribution < -0.4 is 37.2 Å². The Hall–Kier alpha value is -0.496. The van der Waals surface area contributed by atoms with E-state index in [1.54, 1.807) is 0 Å². The number of halogens is 3. The van der Waals surface area contributed by atoms with Crippen LogP contribution in [-0.4, -0.2) is 0 Å². The molecule has 0 N–H and O–H groups in total. The summed E-state index contributed by atoms with van der Waals surface area (Å²) in [6.07, 6.45) is 6.72. The summed E-state index contributed by atoms with van der Waals surface area (Å²) in [5.74, 6) is 0. The van der Waals surface area contributed by atoms with Gasteiger partial charge in [-0.1, -0.05) is 106 Å². The third kappa shape index (κ3) is 5.75. The van der Waals surface area contributed by atoms with Crippen molar-refractivity contribution in [2.75, 3.05) is 0 Å². The van der Waals surface area contributed by atoms with Crippen LogP contribution in [0.5, 0.6) is 0 Å². The van der Waals surface area contributed by atoms with E-state index >= 15 is 0 Å². The number of benzene rings is 2. The fourth-order valence-corrected chi connectivity index (χ4v) is 3.63. The van der Waals surface area contributed by atoms with Crippen molar-refractivity contribution in [2.45, 2.75) is 39.5 Å². The molecule has 1 aliphatic carbocycles. The summed E-state index contributed by atoms with van der Waals surface area (Å²) < 4.78 is 0. The van der Waals surface area contributed by atoms with Gasteiger partial charge in [0.2, 0.25) is 0 Å². The van der Waals surface area contributed by atoms with Gasteiger partial charge in [0.15, 0.2) is 0 Å². The van der Waals surface area contributed by atoms with Gasteiger partial charge in [-0.3, -0.25) is 6.08 Å². The predicted octanol–water partition coefficient (Wildman–Crippen LogP) is -2.89. The molecular formula is C23H25Cl3Ti. The monoisotopic (exact) mass is 454 g/mol. The van der Waals surface area contributed by atoms with Crippen molar-refractivity contribution in [1.29, 1.82) is 0 Å². The van der Waals surface area contributed by atoms with E-state index in [2.05, 4.69) is 101 Å². The molecule has 0 amide bonds. The first-order valence-electron chi connectivity index (χ1n) is 8.37. The molecule has 3 rings (SSSR count). The summed E-state index contributed by atoms with van der Waals surface area (Å²) in [5.41, 5.74) is 5.51. The normalized spacial score (nSPS) is 13.0. The maximum absolute atomic E-state index is 3.55. The first-order valence-corrected chi connectivity index (χ1v) is 8.37. The van der Waals surface area contributed by atoms with Crippen LogP contribution >= 0.6 is 0 Å². The molecule has 2 aromatic rings. The summed E-state index contributed by atoms with van der Waals surface area (Å²) in [6.45, 7) is 9.21. The second-order valence-corrected chi connectivity index (χ2v) is 7.51. The molecule has 0 radical (unpaired) electrons. The molecule has 0 spiro atoms. The van der Waals surface area contributed by atoms with E-state index in [9.17, 15) is 0 Å². The minimum Gasteiger partial charge on any atom is -1.00 e. The third-order valence-corrected chi connectivity index (χ3v) is 4.91. The quantitative estimate of drug-likeness (QED) is 0.344. The fraction of sp³-hybridized carbons (Fsp3) is 0.304. The Labute approximate surface area is 198 Å². The maximum Gasteiger partial charge on any atom is 4.00 e. The largest absolute Gasteiger partial charge is 4.00 e. The molecule has 27 heavy (non-hydrogen) atoms. The SMILES string of the molecule is CC(C)(C)C1=C(C(C)(c2ccccc2)c2ccccc2)CC=[C-]1.[Cl-].[Cl-].[Cl-].[Ti+4]. The molecular weight excluding hydrogens is 430 g/mol. The van der Waals surface area contributed by atoms with E-state index < -0.39 is 0 Å². The third-order valence-electron chi connectivity index (χ3n) is 4.91. The van der Waals surface area contributed by atoms with Crippen LogP contribution in [0.2, 0.25) is 0 Å². The van der Waals surface area contributed by atoms with Crippen molar-refractivity contribution in [3.05, 3.63) is 95.1 Å². The van der Waals surface area contributed by atoms with Crippen molar-refractivity contribution in [3.8, 4) is 0 Å². The predicted molar refractivity (Wildman–Crippen MR) is 98.2 cm³/mol. The van der Waals surface area contributed by atoms with Gasteiger partial charge in [0.1, 0.15) is 0 Å². The Morgan fingerprint density at radius 3 is 1.48 bits per heavy atom. The zero-order valence-corrected chi connectivity index (χ0v) is 20.0. The summed E-state index contributed by atoms with van der Waals surface area (Å²) in [6, 6.07) is 21.7. The Morgan fingerprint density at radius 2 is 1.11 bits per heavy atom. The van der Waals surface area contributed by atoms with Crippen molar-refractivity contribution >= 4 is 0 Å². The van der Waals surface area contributed by atoms with Gasteiger partial charge in [-0.2, -0.15) is 11.6 Å². The van der Waals surface area contributed by atoms with Crippen molar-refractivity contribution in [1.82, 2.24) is 0 Å². The topological polar surface area (TPSA) is 0 Å². The van der Waals surface area contributed by atoms with Crippen LogP contribution in [0.1, 0.15) is 45.2 Å². The van der Waals surface area contributed by atoms with Crippen LogP contribution in [0, 0.1) is 11.5 Å². The Balaban J connectivity index is 0. The van der Waals surface area contributed by atoms with Crippen LogP contribution in [0.4, 0.5) is 0 Å². The average molecular weight is 456 g/mol. The van der Waals surface area contributed by atoms with Gasteiger partial charge in [-0.25, -0.2) is 5.57 Å². The molecule has 4 heteroatoms. The van der Waals surface area contributed by atoms with Crippen LogP contribution in [0.25, 0.3) is 0 Å². The van der Waals surface area contributed by atoms with Gasteiger partial charge < -0.3 is 37.2 Å². The van der Waals surface area contributed by atoms with Gasteiger partial charge in [0, 0.05) is 0 Å². The fourth-order valence-electron chi connectivity index (χ4n) is 3.63. The molecule has 2 aromatic carbocycles. The van der Waals surface area contributed by atoms with Gasteiger partial charge in [0.05, 0.1) is 0 Å². The van der Waals surface area contributed by atoms with E-state index in [1.807, 2.05) is 0 Å². The molecule has 0 atom stereocenters.